The number of likely N-dealkylation sites (tertiary alicyclic amines) is 1. The van der Waals surface area contributed by atoms with E-state index in [0.29, 0.717) is 5.92 Å². The summed E-state index contributed by atoms with van der Waals surface area (Å²) in [7, 11) is 0. The summed E-state index contributed by atoms with van der Waals surface area (Å²) in [6.07, 6.45) is 3.18. The number of rotatable bonds is 2. The third-order valence-corrected chi connectivity index (χ3v) is 4.20. The second-order valence-corrected chi connectivity index (χ2v) is 5.82. The van der Waals surface area contributed by atoms with Crippen LogP contribution in [0.25, 0.3) is 0 Å². The second-order valence-electron chi connectivity index (χ2n) is 3.38. The highest BCUT2D eigenvalue weighted by Crippen LogP contribution is 2.31. The molecule has 0 radical (unpaired) electrons. The van der Waals surface area contributed by atoms with E-state index < -0.39 is 0 Å². The summed E-state index contributed by atoms with van der Waals surface area (Å²) >= 11 is 5.23. The van der Waals surface area contributed by atoms with Crippen molar-refractivity contribution < 1.29 is 0 Å². The van der Waals surface area contributed by atoms with Crippen molar-refractivity contribution in [2.75, 3.05) is 19.6 Å². The van der Waals surface area contributed by atoms with Crippen LogP contribution in [0, 0.1) is 0 Å². The SMILES string of the molecule is CCN1CCC(c2ncc(Br)s2)C1. The lowest BCUT2D eigenvalue weighted by atomic mass is 10.1. The quantitative estimate of drug-likeness (QED) is 0.813. The van der Waals surface area contributed by atoms with Crippen LogP contribution in [-0.4, -0.2) is 29.5 Å². The summed E-state index contributed by atoms with van der Waals surface area (Å²) in [5.41, 5.74) is 0. The zero-order chi connectivity index (χ0) is 9.26. The summed E-state index contributed by atoms with van der Waals surface area (Å²) in [4.78, 5) is 6.90. The first kappa shape index (κ1) is 9.62. The predicted molar refractivity (Wildman–Crippen MR) is 59.3 cm³/mol. The molecule has 72 valence electrons. The summed E-state index contributed by atoms with van der Waals surface area (Å²) in [6.45, 7) is 5.82. The van der Waals surface area contributed by atoms with Crippen LogP contribution in [0.1, 0.15) is 24.3 Å². The maximum Gasteiger partial charge on any atom is 0.0980 e. The molecular weight excluding hydrogens is 248 g/mol. The topological polar surface area (TPSA) is 16.1 Å². The number of thiazole rings is 1. The molecular formula is C9H13BrN2S. The monoisotopic (exact) mass is 260 g/mol. The van der Waals surface area contributed by atoms with Gasteiger partial charge >= 0.3 is 0 Å². The Morgan fingerprint density at radius 1 is 1.77 bits per heavy atom. The summed E-state index contributed by atoms with van der Waals surface area (Å²) in [5.74, 6) is 0.677. The Kier molecular flexibility index (Phi) is 3.01. The molecule has 1 saturated heterocycles. The molecule has 2 nitrogen and oxygen atoms in total. The van der Waals surface area contributed by atoms with Crippen molar-refractivity contribution in [1.82, 2.24) is 9.88 Å². The smallest absolute Gasteiger partial charge is 0.0980 e. The van der Waals surface area contributed by atoms with Gasteiger partial charge in [0.05, 0.1) is 15.0 Å². The highest BCUT2D eigenvalue weighted by molar-refractivity contribution is 9.11. The maximum absolute atomic E-state index is 4.41. The van der Waals surface area contributed by atoms with Crippen LogP contribution in [0.5, 0.6) is 0 Å². The average Bonchev–Trinajstić information content (AvgIpc) is 2.71. The Labute approximate surface area is 91.1 Å². The molecule has 2 heterocycles. The van der Waals surface area contributed by atoms with Gasteiger partial charge in [-0.25, -0.2) is 4.98 Å². The van der Waals surface area contributed by atoms with Gasteiger partial charge in [-0.2, -0.15) is 0 Å². The molecule has 2 rings (SSSR count). The Balaban J connectivity index is 2.03. The molecule has 0 spiro atoms. The highest BCUT2D eigenvalue weighted by Gasteiger charge is 2.24. The number of likely N-dealkylation sites (N-methyl/N-ethyl adjacent to an activating group) is 1. The third kappa shape index (κ3) is 2.11. The molecule has 1 aliphatic heterocycles. The first-order chi connectivity index (χ1) is 6.29. The van der Waals surface area contributed by atoms with Crippen LogP contribution in [0.3, 0.4) is 0 Å². The van der Waals surface area contributed by atoms with E-state index in [1.54, 1.807) is 11.3 Å². The van der Waals surface area contributed by atoms with Crippen LogP contribution in [0.2, 0.25) is 0 Å². The van der Waals surface area contributed by atoms with Crippen LogP contribution in [0.15, 0.2) is 9.98 Å². The molecule has 4 heteroatoms. The van der Waals surface area contributed by atoms with Gasteiger partial charge in [-0.05, 0) is 35.4 Å². The van der Waals surface area contributed by atoms with Crippen molar-refractivity contribution in [3.8, 4) is 0 Å². The number of aromatic nitrogens is 1. The van der Waals surface area contributed by atoms with E-state index in [2.05, 4.69) is 32.7 Å². The van der Waals surface area contributed by atoms with E-state index in [4.69, 9.17) is 0 Å². The van der Waals surface area contributed by atoms with Crippen LogP contribution < -0.4 is 0 Å². The number of hydrogen-bond donors (Lipinski definition) is 0. The number of nitrogens with zero attached hydrogens (tertiary/aromatic N) is 2. The van der Waals surface area contributed by atoms with Gasteiger partial charge in [-0.1, -0.05) is 6.92 Å². The van der Waals surface area contributed by atoms with Crippen LogP contribution in [0.4, 0.5) is 0 Å². The Morgan fingerprint density at radius 2 is 2.62 bits per heavy atom. The zero-order valence-electron chi connectivity index (χ0n) is 7.66. The van der Waals surface area contributed by atoms with Gasteiger partial charge < -0.3 is 4.90 Å². The fraction of sp³-hybridized carbons (Fsp3) is 0.667. The Morgan fingerprint density at radius 3 is 3.15 bits per heavy atom. The van der Waals surface area contributed by atoms with Gasteiger partial charge in [0, 0.05) is 12.5 Å². The maximum atomic E-state index is 4.41. The molecule has 1 aromatic heterocycles. The largest absolute Gasteiger partial charge is 0.303 e. The minimum absolute atomic E-state index is 0.677. The molecule has 0 aromatic carbocycles. The molecule has 1 fully saturated rings. The van der Waals surface area contributed by atoms with Gasteiger partial charge in [-0.15, -0.1) is 11.3 Å². The van der Waals surface area contributed by atoms with Gasteiger partial charge in [-0.3, -0.25) is 0 Å². The van der Waals surface area contributed by atoms with Crippen molar-refractivity contribution in [2.24, 2.45) is 0 Å². The molecule has 13 heavy (non-hydrogen) atoms. The van der Waals surface area contributed by atoms with E-state index in [9.17, 15) is 0 Å². The minimum atomic E-state index is 0.677. The molecule has 1 atom stereocenters. The highest BCUT2D eigenvalue weighted by atomic mass is 79.9. The van der Waals surface area contributed by atoms with E-state index in [1.807, 2.05) is 6.20 Å². The van der Waals surface area contributed by atoms with Gasteiger partial charge in [0.15, 0.2) is 0 Å². The molecule has 0 N–H and O–H groups in total. The Bertz CT molecular complexity index is 287. The lowest BCUT2D eigenvalue weighted by molar-refractivity contribution is 0.354. The number of halogens is 1. The second kappa shape index (κ2) is 4.07. The van der Waals surface area contributed by atoms with E-state index in [1.165, 1.54) is 31.1 Å². The Hall–Kier alpha value is 0.0700. The van der Waals surface area contributed by atoms with Crippen molar-refractivity contribution in [1.29, 1.82) is 0 Å². The minimum Gasteiger partial charge on any atom is -0.303 e. The normalized spacial score (nSPS) is 24.0. The molecule has 1 aliphatic rings. The first-order valence-electron chi connectivity index (χ1n) is 4.63. The molecule has 0 amide bonds. The van der Waals surface area contributed by atoms with Crippen LogP contribution in [-0.2, 0) is 0 Å². The summed E-state index contributed by atoms with van der Waals surface area (Å²) < 4.78 is 1.15. The third-order valence-electron chi connectivity index (χ3n) is 2.56. The number of hydrogen-bond acceptors (Lipinski definition) is 3. The first-order valence-corrected chi connectivity index (χ1v) is 6.24. The summed E-state index contributed by atoms with van der Waals surface area (Å²) in [5, 5.41) is 1.29. The summed E-state index contributed by atoms with van der Waals surface area (Å²) in [6, 6.07) is 0. The van der Waals surface area contributed by atoms with Crippen molar-refractivity contribution >= 4 is 27.3 Å². The van der Waals surface area contributed by atoms with Gasteiger partial charge in [0.1, 0.15) is 0 Å². The predicted octanol–water partition coefficient (Wildman–Crippen LogP) is 2.71. The lowest BCUT2D eigenvalue weighted by Crippen LogP contribution is -2.19. The van der Waals surface area contributed by atoms with Crippen LogP contribution >= 0.6 is 27.3 Å². The van der Waals surface area contributed by atoms with Crippen molar-refractivity contribution in [2.45, 2.75) is 19.3 Å². The fourth-order valence-electron chi connectivity index (χ4n) is 1.78. The van der Waals surface area contributed by atoms with Crippen molar-refractivity contribution in [3.63, 3.8) is 0 Å². The molecule has 0 bridgehead atoms. The zero-order valence-corrected chi connectivity index (χ0v) is 10.1. The van der Waals surface area contributed by atoms with Gasteiger partial charge in [0.25, 0.3) is 0 Å². The molecule has 1 aromatic rings. The molecule has 0 saturated carbocycles. The van der Waals surface area contributed by atoms with E-state index in [0.717, 1.165) is 3.79 Å². The lowest BCUT2D eigenvalue weighted by Gasteiger charge is -2.11. The fourth-order valence-corrected chi connectivity index (χ4v) is 3.15. The standard InChI is InChI=1S/C9H13BrN2S/c1-2-12-4-3-7(6-12)9-11-5-8(10)13-9/h5,7H,2-4,6H2,1H3. The van der Waals surface area contributed by atoms with Gasteiger partial charge in [0.2, 0.25) is 0 Å². The molecule has 0 aliphatic carbocycles. The van der Waals surface area contributed by atoms with Crippen molar-refractivity contribution in [3.05, 3.63) is 15.0 Å². The van der Waals surface area contributed by atoms with E-state index >= 15 is 0 Å². The van der Waals surface area contributed by atoms with E-state index in [-0.39, 0.29) is 0 Å². The average molecular weight is 261 g/mol. The molecule has 1 unspecified atom stereocenters.